The van der Waals surface area contributed by atoms with Crippen molar-refractivity contribution < 1.29 is 14.2 Å². The Bertz CT molecular complexity index is 586. The Hall–Kier alpha value is -1.83. The third-order valence-corrected chi connectivity index (χ3v) is 5.01. The molecule has 0 bridgehead atoms. The lowest BCUT2D eigenvalue weighted by Crippen LogP contribution is -2.52. The van der Waals surface area contributed by atoms with E-state index >= 15 is 0 Å². The first-order chi connectivity index (χ1) is 14.1. The molecule has 1 aliphatic rings. The SMILES string of the molecule is CCNC(=NCc1ccc(OCCOC)cc1)NCC(C(C)C)N1CCOCC1. The van der Waals surface area contributed by atoms with Gasteiger partial charge in [0.1, 0.15) is 12.4 Å². The van der Waals surface area contributed by atoms with E-state index in [0.29, 0.717) is 31.7 Å². The van der Waals surface area contributed by atoms with Gasteiger partial charge >= 0.3 is 0 Å². The predicted molar refractivity (Wildman–Crippen MR) is 118 cm³/mol. The molecular weight excluding hydrogens is 368 g/mol. The van der Waals surface area contributed by atoms with Crippen molar-refractivity contribution in [2.75, 3.05) is 59.7 Å². The lowest BCUT2D eigenvalue weighted by Gasteiger charge is -2.37. The fraction of sp³-hybridized carbons (Fsp3) is 0.682. The van der Waals surface area contributed by atoms with Crippen LogP contribution >= 0.6 is 0 Å². The van der Waals surface area contributed by atoms with Crippen LogP contribution in [0.1, 0.15) is 26.3 Å². The number of hydrogen-bond acceptors (Lipinski definition) is 5. The second-order valence-electron chi connectivity index (χ2n) is 7.52. The van der Waals surface area contributed by atoms with E-state index in [-0.39, 0.29) is 0 Å². The van der Waals surface area contributed by atoms with Crippen molar-refractivity contribution >= 4 is 5.96 Å². The van der Waals surface area contributed by atoms with E-state index in [4.69, 9.17) is 19.2 Å². The zero-order valence-corrected chi connectivity index (χ0v) is 18.4. The molecule has 1 unspecified atom stereocenters. The minimum absolute atomic E-state index is 0.464. The number of benzene rings is 1. The molecule has 1 atom stereocenters. The Morgan fingerprint density at radius 2 is 1.86 bits per heavy atom. The molecule has 1 heterocycles. The fourth-order valence-corrected chi connectivity index (χ4v) is 3.34. The maximum absolute atomic E-state index is 5.61. The minimum Gasteiger partial charge on any atom is -0.491 e. The van der Waals surface area contributed by atoms with Crippen molar-refractivity contribution in [2.45, 2.75) is 33.4 Å². The normalized spacial score (nSPS) is 16.7. The molecule has 0 amide bonds. The summed E-state index contributed by atoms with van der Waals surface area (Å²) < 4.78 is 16.1. The van der Waals surface area contributed by atoms with Gasteiger partial charge in [0, 0.05) is 39.3 Å². The van der Waals surface area contributed by atoms with Crippen LogP contribution in [-0.4, -0.2) is 76.6 Å². The standard InChI is InChI=1S/C22H38N4O3/c1-5-23-22(25-17-21(18(2)3)26-10-12-28-13-11-26)24-16-19-6-8-20(9-7-19)29-15-14-27-4/h6-9,18,21H,5,10-17H2,1-4H3,(H2,23,24,25). The molecule has 1 aromatic carbocycles. The van der Waals surface area contributed by atoms with Crippen LogP contribution in [0.25, 0.3) is 0 Å². The first-order valence-electron chi connectivity index (χ1n) is 10.7. The lowest BCUT2D eigenvalue weighted by atomic mass is 10.0. The van der Waals surface area contributed by atoms with E-state index in [0.717, 1.165) is 56.7 Å². The van der Waals surface area contributed by atoms with Crippen molar-refractivity contribution in [3.05, 3.63) is 29.8 Å². The van der Waals surface area contributed by atoms with E-state index in [1.165, 1.54) is 0 Å². The van der Waals surface area contributed by atoms with Gasteiger partial charge in [-0.15, -0.1) is 0 Å². The molecule has 29 heavy (non-hydrogen) atoms. The molecule has 0 aliphatic carbocycles. The molecule has 0 aromatic heterocycles. The Morgan fingerprint density at radius 1 is 1.14 bits per heavy atom. The highest BCUT2D eigenvalue weighted by atomic mass is 16.5. The molecule has 7 nitrogen and oxygen atoms in total. The zero-order chi connectivity index (χ0) is 20.9. The topological polar surface area (TPSA) is 67.4 Å². The summed E-state index contributed by atoms with van der Waals surface area (Å²) in [4.78, 5) is 7.28. The van der Waals surface area contributed by atoms with Gasteiger partial charge in [-0.1, -0.05) is 26.0 Å². The van der Waals surface area contributed by atoms with E-state index in [9.17, 15) is 0 Å². The molecule has 0 spiro atoms. The average Bonchev–Trinajstić information content (AvgIpc) is 2.74. The van der Waals surface area contributed by atoms with Gasteiger partial charge in [0.2, 0.25) is 0 Å². The molecular formula is C22H38N4O3. The summed E-state index contributed by atoms with van der Waals surface area (Å²) in [5.74, 6) is 2.27. The Labute approximate surface area is 175 Å². The fourth-order valence-electron chi connectivity index (χ4n) is 3.34. The highest BCUT2D eigenvalue weighted by Crippen LogP contribution is 2.14. The Kier molecular flexibility index (Phi) is 10.8. The summed E-state index contributed by atoms with van der Waals surface area (Å²) in [5, 5.41) is 6.89. The van der Waals surface area contributed by atoms with E-state index in [1.54, 1.807) is 7.11 Å². The monoisotopic (exact) mass is 406 g/mol. The Morgan fingerprint density at radius 3 is 2.48 bits per heavy atom. The summed E-state index contributed by atoms with van der Waals surface area (Å²) in [5.41, 5.74) is 1.15. The maximum atomic E-state index is 5.61. The van der Waals surface area contributed by atoms with Crippen LogP contribution in [0, 0.1) is 5.92 Å². The van der Waals surface area contributed by atoms with E-state index in [2.05, 4.69) is 48.4 Å². The summed E-state index contributed by atoms with van der Waals surface area (Å²) >= 11 is 0. The Balaban J connectivity index is 1.89. The summed E-state index contributed by atoms with van der Waals surface area (Å²) in [6, 6.07) is 8.54. The number of methoxy groups -OCH3 is 1. The number of morpholine rings is 1. The molecule has 1 saturated heterocycles. The summed E-state index contributed by atoms with van der Waals surface area (Å²) in [6.07, 6.45) is 0. The number of rotatable bonds is 11. The molecule has 7 heteroatoms. The minimum atomic E-state index is 0.464. The number of aliphatic imine (C=N–C) groups is 1. The largest absolute Gasteiger partial charge is 0.491 e. The first kappa shape index (κ1) is 23.4. The summed E-state index contributed by atoms with van der Waals surface area (Å²) in [6.45, 7) is 13.8. The van der Waals surface area contributed by atoms with Gasteiger partial charge in [0.05, 0.1) is 26.4 Å². The van der Waals surface area contributed by atoms with Crippen molar-refractivity contribution in [3.63, 3.8) is 0 Å². The van der Waals surface area contributed by atoms with Crippen LogP contribution in [0.3, 0.4) is 0 Å². The molecule has 0 radical (unpaired) electrons. The molecule has 1 aromatic rings. The van der Waals surface area contributed by atoms with Crippen molar-refractivity contribution in [1.29, 1.82) is 0 Å². The smallest absolute Gasteiger partial charge is 0.191 e. The van der Waals surface area contributed by atoms with Crippen LogP contribution in [0.4, 0.5) is 0 Å². The van der Waals surface area contributed by atoms with Crippen molar-refractivity contribution in [3.8, 4) is 5.75 Å². The van der Waals surface area contributed by atoms with Gasteiger partial charge < -0.3 is 24.8 Å². The number of hydrogen-bond donors (Lipinski definition) is 2. The highest BCUT2D eigenvalue weighted by Gasteiger charge is 2.23. The van der Waals surface area contributed by atoms with Gasteiger partial charge in [0.15, 0.2) is 5.96 Å². The lowest BCUT2D eigenvalue weighted by molar-refractivity contribution is 0.00752. The number of guanidine groups is 1. The second kappa shape index (κ2) is 13.4. The zero-order valence-electron chi connectivity index (χ0n) is 18.4. The second-order valence-corrected chi connectivity index (χ2v) is 7.52. The van der Waals surface area contributed by atoms with Gasteiger partial charge in [-0.3, -0.25) is 4.90 Å². The third-order valence-electron chi connectivity index (χ3n) is 5.01. The molecule has 1 fully saturated rings. The molecule has 1 aliphatic heterocycles. The predicted octanol–water partition coefficient (Wildman–Crippen LogP) is 2.12. The number of ether oxygens (including phenoxy) is 3. The average molecular weight is 407 g/mol. The van der Waals surface area contributed by atoms with Gasteiger partial charge in [-0.05, 0) is 30.5 Å². The van der Waals surface area contributed by atoms with Crippen LogP contribution < -0.4 is 15.4 Å². The molecule has 0 saturated carbocycles. The highest BCUT2D eigenvalue weighted by molar-refractivity contribution is 5.79. The van der Waals surface area contributed by atoms with Crippen molar-refractivity contribution in [2.24, 2.45) is 10.9 Å². The molecule has 164 valence electrons. The van der Waals surface area contributed by atoms with E-state index < -0.39 is 0 Å². The quantitative estimate of drug-likeness (QED) is 0.333. The van der Waals surface area contributed by atoms with Gasteiger partial charge in [0.25, 0.3) is 0 Å². The molecule has 2 N–H and O–H groups in total. The first-order valence-corrected chi connectivity index (χ1v) is 10.7. The van der Waals surface area contributed by atoms with Crippen LogP contribution in [-0.2, 0) is 16.0 Å². The van der Waals surface area contributed by atoms with Gasteiger partial charge in [-0.2, -0.15) is 0 Å². The van der Waals surface area contributed by atoms with Crippen molar-refractivity contribution in [1.82, 2.24) is 15.5 Å². The maximum Gasteiger partial charge on any atom is 0.191 e. The number of nitrogens with one attached hydrogen (secondary N) is 2. The third kappa shape index (κ3) is 8.60. The van der Waals surface area contributed by atoms with Crippen LogP contribution in [0.15, 0.2) is 29.3 Å². The van der Waals surface area contributed by atoms with Crippen LogP contribution in [0.5, 0.6) is 5.75 Å². The molecule has 2 rings (SSSR count). The van der Waals surface area contributed by atoms with Gasteiger partial charge in [-0.25, -0.2) is 4.99 Å². The number of nitrogens with zero attached hydrogens (tertiary/aromatic N) is 2. The van der Waals surface area contributed by atoms with E-state index in [1.807, 2.05) is 12.1 Å². The summed E-state index contributed by atoms with van der Waals surface area (Å²) in [7, 11) is 1.67. The van der Waals surface area contributed by atoms with Crippen LogP contribution in [0.2, 0.25) is 0 Å².